The van der Waals surface area contributed by atoms with E-state index in [1.165, 1.54) is 24.0 Å². The Morgan fingerprint density at radius 3 is 2.70 bits per heavy atom. The Balaban J connectivity index is 1.93. The van der Waals surface area contributed by atoms with Crippen molar-refractivity contribution in [2.75, 3.05) is 6.54 Å². The van der Waals surface area contributed by atoms with Crippen molar-refractivity contribution >= 4 is 33.2 Å². The van der Waals surface area contributed by atoms with E-state index in [1.807, 2.05) is 6.92 Å². The third-order valence-corrected chi connectivity index (χ3v) is 5.76. The van der Waals surface area contributed by atoms with E-state index < -0.39 is 33.6 Å². The van der Waals surface area contributed by atoms with Crippen LogP contribution in [0.15, 0.2) is 36.7 Å². The summed E-state index contributed by atoms with van der Waals surface area (Å²) >= 11 is 0. The average Bonchev–Trinajstić information content (AvgIpc) is 3.29. The molecule has 2 N–H and O–H groups in total. The third kappa shape index (κ3) is 5.79. The van der Waals surface area contributed by atoms with E-state index in [1.54, 1.807) is 22.9 Å². The number of hydrogen-bond acceptors (Lipinski definition) is 5. The van der Waals surface area contributed by atoms with E-state index >= 15 is 0 Å². The summed E-state index contributed by atoms with van der Waals surface area (Å²) in [5.74, 6) is -1.09. The number of rotatable bonds is 9. The molecular weight excluding hydrogens is 461 g/mol. The Kier molecular flexibility index (Phi) is 7.22. The first-order valence-electron chi connectivity index (χ1n) is 10.1. The highest BCUT2D eigenvalue weighted by Crippen LogP contribution is 2.35. The third-order valence-electron chi connectivity index (χ3n) is 4.71. The molecule has 3 aromatic rings. The highest BCUT2D eigenvalue weighted by atomic mass is 32.2. The van der Waals surface area contributed by atoms with E-state index in [2.05, 4.69) is 14.8 Å². The van der Waals surface area contributed by atoms with Gasteiger partial charge in [-0.3, -0.25) is 14.0 Å². The van der Waals surface area contributed by atoms with Gasteiger partial charge in [-0.25, -0.2) is 9.71 Å². The minimum absolute atomic E-state index is 0.0145. The van der Waals surface area contributed by atoms with Crippen molar-refractivity contribution in [1.29, 1.82) is 0 Å². The first kappa shape index (κ1) is 24.5. The summed E-state index contributed by atoms with van der Waals surface area (Å²) in [6, 6.07) is 5.12. The Labute approximate surface area is 188 Å². The fourth-order valence-corrected chi connectivity index (χ4v) is 4.08. The molecule has 9 nitrogen and oxygen atoms in total. The summed E-state index contributed by atoms with van der Waals surface area (Å²) in [6.45, 7) is 2.09. The van der Waals surface area contributed by atoms with Crippen molar-refractivity contribution in [3.63, 3.8) is 0 Å². The quantitative estimate of drug-likeness (QED) is 0.358. The molecule has 0 atom stereocenters. The van der Waals surface area contributed by atoms with Crippen molar-refractivity contribution in [2.24, 2.45) is 7.05 Å². The summed E-state index contributed by atoms with van der Waals surface area (Å²) < 4.78 is 71.3. The van der Waals surface area contributed by atoms with Crippen LogP contribution in [0.25, 0.3) is 22.9 Å². The van der Waals surface area contributed by atoms with Crippen molar-refractivity contribution < 1.29 is 26.4 Å². The molecule has 0 aliphatic heterocycles. The number of carbonyl (C=O) groups is 1. The summed E-state index contributed by atoms with van der Waals surface area (Å²) in [4.78, 5) is 16.4. The van der Waals surface area contributed by atoms with Gasteiger partial charge >= 0.3 is 16.4 Å². The standard InChI is InChI=1S/C20H23F3N6O3S/c1-3-4-5-12-25-33(31,32)27-16(30)9-8-15-17(20(21,22)23)26-28(2)19(15)29-13-10-14-7-6-11-24-18(14)29/h6-11,13,25H,3-5,12H2,1-2H3,(H,27,30)/b9-8+. The molecule has 0 bridgehead atoms. The van der Waals surface area contributed by atoms with Gasteiger partial charge in [-0.15, -0.1) is 0 Å². The fraction of sp³-hybridized carbons (Fsp3) is 0.350. The second-order valence-electron chi connectivity index (χ2n) is 7.21. The second kappa shape index (κ2) is 9.75. The molecule has 0 saturated heterocycles. The number of pyridine rings is 1. The van der Waals surface area contributed by atoms with Crippen molar-refractivity contribution in [3.8, 4) is 5.82 Å². The number of alkyl halides is 3. The van der Waals surface area contributed by atoms with Crippen LogP contribution >= 0.6 is 0 Å². The molecule has 0 aliphatic rings. The minimum atomic E-state index is -4.81. The van der Waals surface area contributed by atoms with Gasteiger partial charge in [-0.1, -0.05) is 19.8 Å². The number of aryl methyl sites for hydroxylation is 1. The van der Waals surface area contributed by atoms with Gasteiger partial charge in [-0.05, 0) is 30.7 Å². The molecule has 13 heteroatoms. The molecule has 178 valence electrons. The summed E-state index contributed by atoms with van der Waals surface area (Å²) in [7, 11) is -2.81. The van der Waals surface area contributed by atoms with E-state index in [0.717, 1.165) is 29.7 Å². The van der Waals surface area contributed by atoms with Gasteiger partial charge in [0, 0.05) is 37.4 Å². The van der Waals surface area contributed by atoms with Crippen LogP contribution in [0.5, 0.6) is 0 Å². The average molecular weight is 485 g/mol. The monoisotopic (exact) mass is 484 g/mol. The number of aromatic nitrogens is 4. The zero-order chi connectivity index (χ0) is 24.2. The maximum atomic E-state index is 13.7. The molecule has 0 aliphatic carbocycles. The van der Waals surface area contributed by atoms with Gasteiger partial charge in [0.2, 0.25) is 0 Å². The van der Waals surface area contributed by atoms with Gasteiger partial charge in [0.25, 0.3) is 5.91 Å². The predicted octanol–water partition coefficient (Wildman–Crippen LogP) is 2.93. The van der Waals surface area contributed by atoms with Crippen molar-refractivity contribution in [3.05, 3.63) is 47.9 Å². The summed E-state index contributed by atoms with van der Waals surface area (Å²) in [6.07, 6.45) is 2.13. The molecule has 1 amide bonds. The topological polar surface area (TPSA) is 111 Å². The molecule has 0 fully saturated rings. The normalized spacial score (nSPS) is 12.6. The largest absolute Gasteiger partial charge is 0.435 e. The number of amides is 1. The molecule has 0 aromatic carbocycles. The highest BCUT2D eigenvalue weighted by molar-refractivity contribution is 7.88. The van der Waals surface area contributed by atoms with Crippen LogP contribution in [-0.4, -0.2) is 40.2 Å². The molecular formula is C20H23F3N6O3S. The van der Waals surface area contributed by atoms with Crippen LogP contribution in [0.1, 0.15) is 37.4 Å². The van der Waals surface area contributed by atoms with Gasteiger partial charge in [0.1, 0.15) is 11.5 Å². The lowest BCUT2D eigenvalue weighted by molar-refractivity contribution is -0.141. The summed E-state index contributed by atoms with van der Waals surface area (Å²) in [5.41, 5.74) is -1.23. The number of hydrogen-bond donors (Lipinski definition) is 2. The lowest BCUT2D eigenvalue weighted by Gasteiger charge is -2.08. The van der Waals surface area contributed by atoms with E-state index in [4.69, 9.17) is 0 Å². The van der Waals surface area contributed by atoms with Crippen LogP contribution in [-0.2, 0) is 28.2 Å². The van der Waals surface area contributed by atoms with Gasteiger partial charge in [0.05, 0.1) is 5.56 Å². The first-order valence-corrected chi connectivity index (χ1v) is 11.6. The van der Waals surface area contributed by atoms with Crippen LogP contribution in [0, 0.1) is 0 Å². The number of nitrogens with one attached hydrogen (secondary N) is 2. The van der Waals surface area contributed by atoms with Crippen LogP contribution < -0.4 is 9.44 Å². The van der Waals surface area contributed by atoms with Crippen LogP contribution in [0.2, 0.25) is 0 Å². The lowest BCUT2D eigenvalue weighted by Crippen LogP contribution is -2.39. The smallest absolute Gasteiger partial charge is 0.285 e. The Hall–Kier alpha value is -3.19. The summed E-state index contributed by atoms with van der Waals surface area (Å²) in [5, 5.41) is 4.28. The molecule has 0 saturated carbocycles. The Bertz CT molecular complexity index is 1280. The number of halogens is 3. The fourth-order valence-electron chi connectivity index (χ4n) is 3.26. The van der Waals surface area contributed by atoms with Gasteiger partial charge in [0.15, 0.2) is 5.69 Å². The number of unbranched alkanes of at least 4 members (excludes halogenated alkanes) is 2. The first-order chi connectivity index (χ1) is 15.5. The van der Waals surface area contributed by atoms with Gasteiger partial charge < -0.3 is 0 Å². The molecule has 0 spiro atoms. The molecule has 0 unspecified atom stereocenters. The lowest BCUT2D eigenvalue weighted by atomic mass is 10.2. The zero-order valence-corrected chi connectivity index (χ0v) is 18.7. The number of nitrogens with zero attached hydrogens (tertiary/aromatic N) is 4. The van der Waals surface area contributed by atoms with Crippen LogP contribution in [0.3, 0.4) is 0 Å². The predicted molar refractivity (Wildman–Crippen MR) is 116 cm³/mol. The van der Waals surface area contributed by atoms with E-state index in [0.29, 0.717) is 17.5 Å². The Morgan fingerprint density at radius 1 is 1.24 bits per heavy atom. The number of fused-ring (bicyclic) bond motifs is 1. The number of carbonyl (C=O) groups excluding carboxylic acids is 1. The SMILES string of the molecule is CCCCCNS(=O)(=O)NC(=O)/C=C/c1c(C(F)(F)F)nn(C)c1-n1ccc2cccnc21. The molecule has 3 rings (SSSR count). The van der Waals surface area contributed by atoms with Crippen molar-refractivity contribution in [1.82, 2.24) is 28.8 Å². The molecule has 0 radical (unpaired) electrons. The van der Waals surface area contributed by atoms with Crippen LogP contribution in [0.4, 0.5) is 13.2 Å². The Morgan fingerprint density at radius 2 is 2.00 bits per heavy atom. The van der Waals surface area contributed by atoms with Gasteiger partial charge in [-0.2, -0.15) is 31.4 Å². The maximum Gasteiger partial charge on any atom is 0.435 e. The van der Waals surface area contributed by atoms with E-state index in [-0.39, 0.29) is 12.4 Å². The molecule has 33 heavy (non-hydrogen) atoms. The minimum Gasteiger partial charge on any atom is -0.285 e. The van der Waals surface area contributed by atoms with Crippen molar-refractivity contribution in [2.45, 2.75) is 32.4 Å². The second-order valence-corrected chi connectivity index (χ2v) is 8.71. The highest BCUT2D eigenvalue weighted by Gasteiger charge is 2.38. The zero-order valence-electron chi connectivity index (χ0n) is 17.9. The van der Waals surface area contributed by atoms with E-state index in [9.17, 15) is 26.4 Å². The maximum absolute atomic E-state index is 13.7. The molecule has 3 heterocycles. The molecule has 3 aromatic heterocycles.